The molecule has 2 rings (SSSR count). The van der Waals surface area contributed by atoms with Crippen molar-refractivity contribution in [2.24, 2.45) is 5.92 Å². The van der Waals surface area contributed by atoms with Gasteiger partial charge in [-0.25, -0.2) is 0 Å². The van der Waals surface area contributed by atoms with Gasteiger partial charge < -0.3 is 10.2 Å². The first kappa shape index (κ1) is 11.9. The molecule has 1 aromatic rings. The summed E-state index contributed by atoms with van der Waals surface area (Å²) >= 11 is 6.04. The Labute approximate surface area is 105 Å². The fourth-order valence-electron chi connectivity index (χ4n) is 1.99. The van der Waals surface area contributed by atoms with E-state index < -0.39 is 0 Å². The number of anilines is 1. The average Bonchev–Trinajstić information content (AvgIpc) is 2.71. The van der Waals surface area contributed by atoms with Crippen molar-refractivity contribution in [2.45, 2.75) is 6.42 Å². The van der Waals surface area contributed by atoms with Crippen LogP contribution in [0.25, 0.3) is 0 Å². The van der Waals surface area contributed by atoms with Crippen molar-refractivity contribution in [2.75, 3.05) is 18.5 Å². The van der Waals surface area contributed by atoms with Crippen molar-refractivity contribution in [1.29, 1.82) is 0 Å². The lowest BCUT2D eigenvalue weighted by Crippen LogP contribution is -2.30. The molecule has 90 valence electrons. The summed E-state index contributed by atoms with van der Waals surface area (Å²) < 4.78 is 0. The number of carbonyl (C=O) groups excluding carboxylic acids is 2. The second kappa shape index (κ2) is 4.75. The van der Waals surface area contributed by atoms with Crippen LogP contribution in [-0.4, -0.2) is 25.4 Å². The average molecular weight is 253 g/mol. The van der Waals surface area contributed by atoms with Crippen LogP contribution in [0.3, 0.4) is 0 Å². The van der Waals surface area contributed by atoms with Gasteiger partial charge in [0.1, 0.15) is 0 Å². The molecule has 2 amide bonds. The zero-order valence-corrected chi connectivity index (χ0v) is 10.2. The summed E-state index contributed by atoms with van der Waals surface area (Å²) in [7, 11) is 1.57. The third kappa shape index (κ3) is 2.26. The largest absolute Gasteiger partial charge is 0.359 e. The van der Waals surface area contributed by atoms with Gasteiger partial charge in [-0.2, -0.15) is 0 Å². The van der Waals surface area contributed by atoms with Crippen molar-refractivity contribution in [3.63, 3.8) is 0 Å². The van der Waals surface area contributed by atoms with Crippen LogP contribution in [0.1, 0.15) is 6.42 Å². The van der Waals surface area contributed by atoms with Gasteiger partial charge in [0.05, 0.1) is 16.6 Å². The zero-order chi connectivity index (χ0) is 12.4. The quantitative estimate of drug-likeness (QED) is 0.866. The SMILES string of the molecule is CNC(=O)[C@@H]1CC(=O)N(c2ccccc2Cl)C1. The Kier molecular flexibility index (Phi) is 3.33. The highest BCUT2D eigenvalue weighted by molar-refractivity contribution is 6.33. The van der Waals surface area contributed by atoms with Crippen LogP contribution in [0.5, 0.6) is 0 Å². The topological polar surface area (TPSA) is 49.4 Å². The van der Waals surface area contributed by atoms with Gasteiger partial charge in [-0.05, 0) is 12.1 Å². The number of nitrogens with one attached hydrogen (secondary N) is 1. The lowest BCUT2D eigenvalue weighted by molar-refractivity contribution is -0.125. The van der Waals surface area contributed by atoms with E-state index in [0.29, 0.717) is 17.3 Å². The van der Waals surface area contributed by atoms with Crippen LogP contribution in [-0.2, 0) is 9.59 Å². The fourth-order valence-corrected chi connectivity index (χ4v) is 2.23. The molecule has 0 saturated carbocycles. The van der Waals surface area contributed by atoms with E-state index in [1.807, 2.05) is 12.1 Å². The van der Waals surface area contributed by atoms with Crippen LogP contribution >= 0.6 is 11.6 Å². The molecule has 0 radical (unpaired) electrons. The van der Waals surface area contributed by atoms with E-state index in [0.717, 1.165) is 0 Å². The van der Waals surface area contributed by atoms with Crippen LogP contribution < -0.4 is 10.2 Å². The van der Waals surface area contributed by atoms with E-state index in [2.05, 4.69) is 5.32 Å². The number of para-hydroxylation sites is 1. The minimum absolute atomic E-state index is 0.0632. The first-order valence-electron chi connectivity index (χ1n) is 5.40. The van der Waals surface area contributed by atoms with Crippen LogP contribution in [0.4, 0.5) is 5.69 Å². The summed E-state index contributed by atoms with van der Waals surface area (Å²) in [6.07, 6.45) is 0.241. The third-order valence-corrected chi connectivity index (χ3v) is 3.21. The molecule has 0 aromatic heterocycles. The zero-order valence-electron chi connectivity index (χ0n) is 9.44. The Balaban J connectivity index is 2.22. The molecule has 1 aliphatic rings. The molecule has 17 heavy (non-hydrogen) atoms. The summed E-state index contributed by atoms with van der Waals surface area (Å²) in [6.45, 7) is 0.391. The molecule has 1 N–H and O–H groups in total. The Hall–Kier alpha value is -1.55. The molecular formula is C12H13ClN2O2. The van der Waals surface area contributed by atoms with E-state index in [9.17, 15) is 9.59 Å². The normalized spacial score (nSPS) is 19.5. The molecule has 1 atom stereocenters. The van der Waals surface area contributed by atoms with Crippen molar-refractivity contribution in [1.82, 2.24) is 5.32 Å². The molecule has 1 heterocycles. The smallest absolute Gasteiger partial charge is 0.227 e. The molecule has 5 heteroatoms. The van der Waals surface area contributed by atoms with E-state index in [1.54, 1.807) is 24.1 Å². The summed E-state index contributed by atoms with van der Waals surface area (Å²) in [4.78, 5) is 24.9. The van der Waals surface area contributed by atoms with E-state index in [4.69, 9.17) is 11.6 Å². The lowest BCUT2D eigenvalue weighted by Gasteiger charge is -2.17. The highest BCUT2D eigenvalue weighted by atomic mass is 35.5. The van der Waals surface area contributed by atoms with Gasteiger partial charge in [0.25, 0.3) is 0 Å². The van der Waals surface area contributed by atoms with E-state index >= 15 is 0 Å². The van der Waals surface area contributed by atoms with Crippen LogP contribution in [0.2, 0.25) is 5.02 Å². The summed E-state index contributed by atoms with van der Waals surface area (Å²) in [5.74, 6) is -0.455. The van der Waals surface area contributed by atoms with Crippen molar-refractivity contribution >= 4 is 29.1 Å². The number of benzene rings is 1. The molecule has 1 aliphatic heterocycles. The van der Waals surface area contributed by atoms with Gasteiger partial charge in [-0.3, -0.25) is 9.59 Å². The molecule has 1 saturated heterocycles. The van der Waals surface area contributed by atoms with E-state index in [1.165, 1.54) is 0 Å². The number of carbonyl (C=O) groups is 2. The fraction of sp³-hybridized carbons (Fsp3) is 0.333. The van der Waals surface area contributed by atoms with Gasteiger partial charge in [-0.15, -0.1) is 0 Å². The molecule has 1 fully saturated rings. The third-order valence-electron chi connectivity index (χ3n) is 2.89. The first-order chi connectivity index (χ1) is 8.13. The molecule has 0 aliphatic carbocycles. The number of rotatable bonds is 2. The number of hydrogen-bond donors (Lipinski definition) is 1. The minimum Gasteiger partial charge on any atom is -0.359 e. The molecule has 0 spiro atoms. The maximum Gasteiger partial charge on any atom is 0.227 e. The minimum atomic E-state index is -0.288. The Morgan fingerprint density at radius 2 is 2.18 bits per heavy atom. The number of nitrogens with zero attached hydrogens (tertiary/aromatic N) is 1. The van der Waals surface area contributed by atoms with Gasteiger partial charge in [0.15, 0.2) is 0 Å². The predicted octanol–water partition coefficient (Wildman–Crippen LogP) is 1.44. The second-order valence-electron chi connectivity index (χ2n) is 3.97. The first-order valence-corrected chi connectivity index (χ1v) is 5.77. The summed E-state index contributed by atoms with van der Waals surface area (Å²) in [5.41, 5.74) is 0.672. The number of halogens is 1. The predicted molar refractivity (Wildman–Crippen MR) is 66.0 cm³/mol. The molecule has 0 bridgehead atoms. The van der Waals surface area contributed by atoms with Crippen LogP contribution in [0.15, 0.2) is 24.3 Å². The standard InChI is InChI=1S/C12H13ClN2O2/c1-14-12(17)8-6-11(16)15(7-8)10-5-3-2-4-9(10)13/h2-5,8H,6-7H2,1H3,(H,14,17)/t8-/m1/s1. The Morgan fingerprint density at radius 1 is 1.47 bits per heavy atom. The Morgan fingerprint density at radius 3 is 2.82 bits per heavy atom. The lowest BCUT2D eigenvalue weighted by atomic mass is 10.1. The van der Waals surface area contributed by atoms with Crippen molar-refractivity contribution in [3.8, 4) is 0 Å². The van der Waals surface area contributed by atoms with Crippen LogP contribution in [0, 0.1) is 5.92 Å². The highest BCUT2D eigenvalue weighted by Gasteiger charge is 2.35. The number of hydrogen-bond acceptors (Lipinski definition) is 2. The maximum absolute atomic E-state index is 11.8. The molecule has 4 nitrogen and oxygen atoms in total. The summed E-state index contributed by atoms with van der Waals surface area (Å²) in [6, 6.07) is 7.15. The second-order valence-corrected chi connectivity index (χ2v) is 4.38. The van der Waals surface area contributed by atoms with Gasteiger partial charge in [0.2, 0.25) is 11.8 Å². The van der Waals surface area contributed by atoms with E-state index in [-0.39, 0.29) is 24.2 Å². The van der Waals surface area contributed by atoms with Crippen molar-refractivity contribution in [3.05, 3.63) is 29.3 Å². The monoisotopic (exact) mass is 252 g/mol. The van der Waals surface area contributed by atoms with Gasteiger partial charge in [0, 0.05) is 20.0 Å². The molecular weight excluding hydrogens is 240 g/mol. The number of amides is 2. The van der Waals surface area contributed by atoms with Gasteiger partial charge >= 0.3 is 0 Å². The van der Waals surface area contributed by atoms with Crippen molar-refractivity contribution < 1.29 is 9.59 Å². The molecule has 0 unspecified atom stereocenters. The summed E-state index contributed by atoms with van der Waals surface area (Å²) in [5, 5.41) is 3.09. The maximum atomic E-state index is 11.8. The van der Waals surface area contributed by atoms with Gasteiger partial charge in [-0.1, -0.05) is 23.7 Å². The molecule has 1 aromatic carbocycles. The Bertz CT molecular complexity index is 462. The highest BCUT2D eigenvalue weighted by Crippen LogP contribution is 2.30.